The minimum atomic E-state index is -0.853. The molecule has 1 rings (SSSR count). The van der Waals surface area contributed by atoms with Gasteiger partial charge in [-0.1, -0.05) is 33.6 Å². The normalized spacial score (nSPS) is 21.7. The van der Waals surface area contributed by atoms with Crippen molar-refractivity contribution in [3.63, 3.8) is 0 Å². The van der Waals surface area contributed by atoms with Crippen LogP contribution in [-0.2, 0) is 0 Å². The number of carbonyl (C=O) groups excluding carboxylic acids is 1. The Kier molecular flexibility index (Phi) is 5.02. The molecular formula is C14H28N2O2. The average Bonchev–Trinajstić information content (AvgIpc) is 2.71. The number of hydrogen-bond donors (Lipinski definition) is 3. The zero-order chi connectivity index (χ0) is 13.8. The molecule has 1 unspecified atom stereocenters. The Morgan fingerprint density at radius 2 is 1.89 bits per heavy atom. The Morgan fingerprint density at radius 3 is 2.39 bits per heavy atom. The van der Waals surface area contributed by atoms with Crippen molar-refractivity contribution in [3.05, 3.63) is 0 Å². The van der Waals surface area contributed by atoms with E-state index in [1.165, 1.54) is 25.7 Å². The van der Waals surface area contributed by atoms with Crippen LogP contribution >= 0.6 is 0 Å². The van der Waals surface area contributed by atoms with Gasteiger partial charge in [-0.05, 0) is 31.1 Å². The number of nitrogens with one attached hydrogen (secondary N) is 2. The minimum absolute atomic E-state index is 0.116. The summed E-state index contributed by atoms with van der Waals surface area (Å²) in [6, 6.07) is -0.177. The molecular weight excluding hydrogens is 228 g/mol. The lowest BCUT2D eigenvalue weighted by molar-refractivity contribution is 0.0165. The minimum Gasteiger partial charge on any atom is -0.388 e. The highest BCUT2D eigenvalue weighted by atomic mass is 16.3. The Balaban J connectivity index is 2.26. The fourth-order valence-electron chi connectivity index (χ4n) is 2.22. The van der Waals surface area contributed by atoms with Gasteiger partial charge in [0, 0.05) is 13.1 Å². The zero-order valence-corrected chi connectivity index (χ0v) is 12.2. The largest absolute Gasteiger partial charge is 0.388 e. The molecule has 1 atom stereocenters. The zero-order valence-electron chi connectivity index (χ0n) is 12.2. The first-order valence-electron chi connectivity index (χ1n) is 6.99. The van der Waals surface area contributed by atoms with Crippen molar-refractivity contribution in [1.82, 2.24) is 10.6 Å². The highest BCUT2D eigenvalue weighted by molar-refractivity contribution is 5.73. The van der Waals surface area contributed by atoms with E-state index in [4.69, 9.17) is 0 Å². The lowest BCUT2D eigenvalue weighted by atomic mass is 9.89. The van der Waals surface area contributed by atoms with E-state index >= 15 is 0 Å². The van der Waals surface area contributed by atoms with Crippen molar-refractivity contribution in [2.45, 2.75) is 59.0 Å². The fourth-order valence-corrected chi connectivity index (χ4v) is 2.22. The fraction of sp³-hybridized carbons (Fsp3) is 0.929. The molecule has 0 aromatic carbocycles. The summed E-state index contributed by atoms with van der Waals surface area (Å²) in [5.41, 5.74) is -0.591. The van der Waals surface area contributed by atoms with E-state index in [1.807, 2.05) is 13.8 Å². The molecule has 4 heteroatoms. The quantitative estimate of drug-likeness (QED) is 0.706. The van der Waals surface area contributed by atoms with Gasteiger partial charge in [0.15, 0.2) is 0 Å². The van der Waals surface area contributed by atoms with Gasteiger partial charge in [0.1, 0.15) is 0 Å². The SMILES string of the molecule is CC(C)C(C)(O)CNC(=O)NCC1(C)CCCC1. The summed E-state index contributed by atoms with van der Waals surface area (Å²) in [4.78, 5) is 11.7. The lowest BCUT2D eigenvalue weighted by Gasteiger charge is -2.28. The topological polar surface area (TPSA) is 61.4 Å². The molecule has 106 valence electrons. The first-order chi connectivity index (χ1) is 8.25. The highest BCUT2D eigenvalue weighted by Gasteiger charge is 2.29. The van der Waals surface area contributed by atoms with Crippen LogP contribution in [0.15, 0.2) is 0 Å². The molecule has 2 amide bonds. The summed E-state index contributed by atoms with van der Waals surface area (Å²) in [5.74, 6) is 0.116. The first kappa shape index (κ1) is 15.3. The van der Waals surface area contributed by atoms with Gasteiger partial charge in [0.2, 0.25) is 0 Å². The first-order valence-corrected chi connectivity index (χ1v) is 6.99. The van der Waals surface area contributed by atoms with Gasteiger partial charge >= 0.3 is 6.03 Å². The predicted octanol–water partition coefficient (Wildman–Crippen LogP) is 2.27. The number of hydrogen-bond acceptors (Lipinski definition) is 2. The second kappa shape index (κ2) is 5.91. The molecule has 0 saturated heterocycles. The maximum atomic E-state index is 11.7. The van der Waals surface area contributed by atoms with Crippen LogP contribution in [0.3, 0.4) is 0 Å². The van der Waals surface area contributed by atoms with Crippen molar-refractivity contribution < 1.29 is 9.90 Å². The second-order valence-electron chi connectivity index (χ2n) is 6.57. The van der Waals surface area contributed by atoms with Crippen LogP contribution in [0.2, 0.25) is 0 Å². The van der Waals surface area contributed by atoms with Crippen LogP contribution in [0.5, 0.6) is 0 Å². The van der Waals surface area contributed by atoms with E-state index in [1.54, 1.807) is 6.92 Å². The maximum absolute atomic E-state index is 11.7. The van der Waals surface area contributed by atoms with Crippen molar-refractivity contribution in [2.75, 3.05) is 13.1 Å². The summed E-state index contributed by atoms with van der Waals surface area (Å²) >= 11 is 0. The maximum Gasteiger partial charge on any atom is 0.314 e. The van der Waals surface area contributed by atoms with E-state index in [0.29, 0.717) is 0 Å². The number of rotatable bonds is 5. The number of urea groups is 1. The molecule has 1 aliphatic rings. The Bertz CT molecular complexity index is 271. The summed E-state index contributed by atoms with van der Waals surface area (Å²) in [5, 5.41) is 15.7. The van der Waals surface area contributed by atoms with Gasteiger partial charge in [0.25, 0.3) is 0 Å². The van der Waals surface area contributed by atoms with Crippen LogP contribution in [0.25, 0.3) is 0 Å². The molecule has 0 radical (unpaired) electrons. The molecule has 0 aromatic heterocycles. The van der Waals surface area contributed by atoms with E-state index < -0.39 is 5.60 Å². The molecule has 1 fully saturated rings. The van der Waals surface area contributed by atoms with Gasteiger partial charge in [-0.25, -0.2) is 4.79 Å². The van der Waals surface area contributed by atoms with Crippen LogP contribution in [0, 0.1) is 11.3 Å². The molecule has 1 aliphatic carbocycles. The van der Waals surface area contributed by atoms with Crippen LogP contribution in [-0.4, -0.2) is 29.8 Å². The molecule has 0 aliphatic heterocycles. The predicted molar refractivity (Wildman–Crippen MR) is 73.4 cm³/mol. The van der Waals surface area contributed by atoms with Crippen molar-refractivity contribution in [2.24, 2.45) is 11.3 Å². The molecule has 0 aromatic rings. The third-order valence-electron chi connectivity index (χ3n) is 4.34. The molecule has 0 bridgehead atoms. The summed E-state index contributed by atoms with van der Waals surface area (Å²) in [7, 11) is 0. The standard InChI is InChI=1S/C14H28N2O2/c1-11(2)14(4,18)10-16-12(17)15-9-13(3)7-5-6-8-13/h11,18H,5-10H2,1-4H3,(H2,15,16,17). The van der Waals surface area contributed by atoms with Gasteiger partial charge in [-0.3, -0.25) is 0 Å². The Hall–Kier alpha value is -0.770. The van der Waals surface area contributed by atoms with Crippen LogP contribution < -0.4 is 10.6 Å². The number of carbonyl (C=O) groups is 1. The second-order valence-corrected chi connectivity index (χ2v) is 6.57. The van der Waals surface area contributed by atoms with E-state index in [0.717, 1.165) is 6.54 Å². The van der Waals surface area contributed by atoms with Gasteiger partial charge < -0.3 is 15.7 Å². The lowest BCUT2D eigenvalue weighted by Crippen LogP contribution is -2.48. The Labute approximate surface area is 111 Å². The number of aliphatic hydroxyl groups is 1. The summed E-state index contributed by atoms with van der Waals surface area (Å²) < 4.78 is 0. The number of amides is 2. The molecule has 0 heterocycles. The molecule has 3 N–H and O–H groups in total. The molecule has 18 heavy (non-hydrogen) atoms. The average molecular weight is 256 g/mol. The molecule has 1 saturated carbocycles. The summed E-state index contributed by atoms with van der Waals surface area (Å²) in [6.45, 7) is 8.87. The van der Waals surface area contributed by atoms with Crippen LogP contribution in [0.4, 0.5) is 4.79 Å². The molecule has 4 nitrogen and oxygen atoms in total. The van der Waals surface area contributed by atoms with Gasteiger partial charge in [-0.2, -0.15) is 0 Å². The smallest absolute Gasteiger partial charge is 0.314 e. The van der Waals surface area contributed by atoms with Gasteiger partial charge in [-0.15, -0.1) is 0 Å². The third-order valence-corrected chi connectivity index (χ3v) is 4.34. The van der Waals surface area contributed by atoms with Crippen molar-refractivity contribution in [1.29, 1.82) is 0 Å². The third kappa shape index (κ3) is 4.48. The monoisotopic (exact) mass is 256 g/mol. The van der Waals surface area contributed by atoms with Crippen LogP contribution in [0.1, 0.15) is 53.4 Å². The van der Waals surface area contributed by atoms with Crippen molar-refractivity contribution in [3.8, 4) is 0 Å². The van der Waals surface area contributed by atoms with E-state index in [9.17, 15) is 9.90 Å². The highest BCUT2D eigenvalue weighted by Crippen LogP contribution is 2.36. The Morgan fingerprint density at radius 1 is 1.33 bits per heavy atom. The summed E-state index contributed by atoms with van der Waals surface area (Å²) in [6.07, 6.45) is 4.91. The van der Waals surface area contributed by atoms with Crippen molar-refractivity contribution >= 4 is 6.03 Å². The van der Waals surface area contributed by atoms with E-state index in [2.05, 4.69) is 17.6 Å². The van der Waals surface area contributed by atoms with E-state index in [-0.39, 0.29) is 23.9 Å². The molecule has 0 spiro atoms. The van der Waals surface area contributed by atoms with Gasteiger partial charge in [0.05, 0.1) is 5.60 Å².